The van der Waals surface area contributed by atoms with Crippen LogP contribution in [0, 0.1) is 5.41 Å². The van der Waals surface area contributed by atoms with Gasteiger partial charge in [-0.1, -0.05) is 20.8 Å². The Balaban J connectivity index is 2.34. The molecule has 3 nitrogen and oxygen atoms in total. The van der Waals surface area contributed by atoms with Crippen LogP contribution in [0.15, 0.2) is 12.4 Å². The van der Waals surface area contributed by atoms with Crippen molar-refractivity contribution < 1.29 is 0 Å². The summed E-state index contributed by atoms with van der Waals surface area (Å²) >= 11 is 0. The summed E-state index contributed by atoms with van der Waals surface area (Å²) in [5, 5.41) is 7.80. The standard InChI is InChI=1S/C15H29N3/c1-6-9-16-13(2)10-15(3,4)8-7-14-11-17-18(5)12-14/h11-13,16H,6-10H2,1-5H3. The monoisotopic (exact) mass is 251 g/mol. The Morgan fingerprint density at radius 2 is 2.17 bits per heavy atom. The van der Waals surface area contributed by atoms with E-state index in [0.717, 1.165) is 13.0 Å². The molecule has 1 N–H and O–H groups in total. The predicted molar refractivity (Wildman–Crippen MR) is 77.7 cm³/mol. The van der Waals surface area contributed by atoms with Gasteiger partial charge in [0, 0.05) is 19.3 Å². The summed E-state index contributed by atoms with van der Waals surface area (Å²) in [5.74, 6) is 0. The number of nitrogens with zero attached hydrogens (tertiary/aromatic N) is 2. The van der Waals surface area contributed by atoms with E-state index in [-0.39, 0.29) is 0 Å². The van der Waals surface area contributed by atoms with Gasteiger partial charge in [-0.05, 0) is 50.1 Å². The Labute approximate surface area is 112 Å². The van der Waals surface area contributed by atoms with Crippen molar-refractivity contribution in [2.75, 3.05) is 6.54 Å². The van der Waals surface area contributed by atoms with Gasteiger partial charge in [-0.15, -0.1) is 0 Å². The molecular formula is C15H29N3. The highest BCUT2D eigenvalue weighted by molar-refractivity contribution is 5.04. The number of aryl methyl sites for hydroxylation is 2. The maximum Gasteiger partial charge on any atom is 0.0521 e. The van der Waals surface area contributed by atoms with Crippen LogP contribution in [0.2, 0.25) is 0 Å². The van der Waals surface area contributed by atoms with Crippen LogP contribution in [-0.4, -0.2) is 22.4 Å². The van der Waals surface area contributed by atoms with Crippen LogP contribution in [0.5, 0.6) is 0 Å². The Hall–Kier alpha value is -0.830. The average molecular weight is 251 g/mol. The molecule has 3 heteroatoms. The van der Waals surface area contributed by atoms with Crippen LogP contribution in [0.3, 0.4) is 0 Å². The molecule has 0 aromatic carbocycles. The number of aromatic nitrogens is 2. The normalized spacial score (nSPS) is 13.8. The van der Waals surface area contributed by atoms with Gasteiger partial charge in [-0.25, -0.2) is 0 Å². The third-order valence-electron chi connectivity index (χ3n) is 3.45. The van der Waals surface area contributed by atoms with Crippen molar-refractivity contribution in [2.45, 2.75) is 59.4 Å². The second-order valence-electron chi connectivity index (χ2n) is 6.25. The maximum absolute atomic E-state index is 4.22. The minimum absolute atomic E-state index is 0.385. The smallest absolute Gasteiger partial charge is 0.0521 e. The Morgan fingerprint density at radius 3 is 2.72 bits per heavy atom. The molecule has 0 aliphatic carbocycles. The number of rotatable bonds is 8. The van der Waals surface area contributed by atoms with Crippen molar-refractivity contribution in [3.63, 3.8) is 0 Å². The summed E-state index contributed by atoms with van der Waals surface area (Å²) in [6.45, 7) is 10.4. The molecule has 1 heterocycles. The zero-order valence-corrected chi connectivity index (χ0v) is 12.7. The fraction of sp³-hybridized carbons (Fsp3) is 0.800. The SMILES string of the molecule is CCCNC(C)CC(C)(C)CCc1cnn(C)c1. The van der Waals surface area contributed by atoms with E-state index in [0.29, 0.717) is 11.5 Å². The predicted octanol–water partition coefficient (Wildman–Crippen LogP) is 3.16. The minimum atomic E-state index is 0.385. The first kappa shape index (κ1) is 15.2. The van der Waals surface area contributed by atoms with Gasteiger partial charge in [0.05, 0.1) is 6.20 Å². The molecule has 104 valence electrons. The summed E-state index contributed by atoms with van der Waals surface area (Å²) in [4.78, 5) is 0. The van der Waals surface area contributed by atoms with Gasteiger partial charge in [0.15, 0.2) is 0 Å². The van der Waals surface area contributed by atoms with Gasteiger partial charge < -0.3 is 5.32 Å². The third-order valence-corrected chi connectivity index (χ3v) is 3.45. The molecule has 0 radical (unpaired) electrons. The van der Waals surface area contributed by atoms with Crippen molar-refractivity contribution in [3.8, 4) is 0 Å². The molecule has 1 unspecified atom stereocenters. The van der Waals surface area contributed by atoms with E-state index in [9.17, 15) is 0 Å². The zero-order valence-electron chi connectivity index (χ0n) is 12.7. The molecule has 0 amide bonds. The van der Waals surface area contributed by atoms with Crippen molar-refractivity contribution >= 4 is 0 Å². The van der Waals surface area contributed by atoms with Crippen LogP contribution in [0.4, 0.5) is 0 Å². The molecule has 0 saturated carbocycles. The number of hydrogen-bond donors (Lipinski definition) is 1. The lowest BCUT2D eigenvalue weighted by Gasteiger charge is -2.28. The molecule has 0 aliphatic heterocycles. The second-order valence-corrected chi connectivity index (χ2v) is 6.25. The first-order valence-electron chi connectivity index (χ1n) is 7.14. The molecule has 0 saturated heterocycles. The Kier molecular flexibility index (Phi) is 5.86. The quantitative estimate of drug-likeness (QED) is 0.769. The van der Waals surface area contributed by atoms with Crippen LogP contribution >= 0.6 is 0 Å². The lowest BCUT2D eigenvalue weighted by Crippen LogP contribution is -2.32. The highest BCUT2D eigenvalue weighted by atomic mass is 15.2. The third kappa shape index (κ3) is 5.67. The summed E-state index contributed by atoms with van der Waals surface area (Å²) < 4.78 is 1.88. The topological polar surface area (TPSA) is 29.9 Å². The molecule has 0 spiro atoms. The molecule has 1 rings (SSSR count). The minimum Gasteiger partial charge on any atom is -0.314 e. The van der Waals surface area contributed by atoms with Gasteiger partial charge in [0.2, 0.25) is 0 Å². The van der Waals surface area contributed by atoms with Crippen molar-refractivity contribution in [1.82, 2.24) is 15.1 Å². The van der Waals surface area contributed by atoms with E-state index >= 15 is 0 Å². The molecule has 1 aromatic rings. The van der Waals surface area contributed by atoms with Crippen LogP contribution in [-0.2, 0) is 13.5 Å². The largest absolute Gasteiger partial charge is 0.314 e. The van der Waals surface area contributed by atoms with Crippen molar-refractivity contribution in [2.24, 2.45) is 12.5 Å². The molecule has 1 aromatic heterocycles. The van der Waals surface area contributed by atoms with E-state index < -0.39 is 0 Å². The lowest BCUT2D eigenvalue weighted by molar-refractivity contribution is 0.268. The average Bonchev–Trinajstić information content (AvgIpc) is 2.69. The first-order chi connectivity index (χ1) is 8.43. The lowest BCUT2D eigenvalue weighted by atomic mass is 9.81. The van der Waals surface area contributed by atoms with E-state index in [1.807, 2.05) is 17.9 Å². The summed E-state index contributed by atoms with van der Waals surface area (Å²) in [5.41, 5.74) is 1.73. The maximum atomic E-state index is 4.22. The van der Waals surface area contributed by atoms with Gasteiger partial charge in [-0.3, -0.25) is 4.68 Å². The number of nitrogens with one attached hydrogen (secondary N) is 1. The highest BCUT2D eigenvalue weighted by Gasteiger charge is 2.20. The van der Waals surface area contributed by atoms with Gasteiger partial charge in [0.1, 0.15) is 0 Å². The zero-order chi connectivity index (χ0) is 13.6. The Morgan fingerprint density at radius 1 is 1.44 bits per heavy atom. The van der Waals surface area contributed by atoms with Crippen molar-refractivity contribution in [3.05, 3.63) is 18.0 Å². The molecule has 0 fully saturated rings. The van der Waals surface area contributed by atoms with E-state index in [4.69, 9.17) is 0 Å². The van der Waals surface area contributed by atoms with Gasteiger partial charge in [0.25, 0.3) is 0 Å². The molecule has 18 heavy (non-hydrogen) atoms. The summed E-state index contributed by atoms with van der Waals surface area (Å²) in [6.07, 6.45) is 8.88. The van der Waals surface area contributed by atoms with Crippen LogP contribution < -0.4 is 5.32 Å². The van der Waals surface area contributed by atoms with Gasteiger partial charge in [-0.2, -0.15) is 5.10 Å². The number of hydrogen-bond acceptors (Lipinski definition) is 2. The summed E-state index contributed by atoms with van der Waals surface area (Å²) in [7, 11) is 1.98. The van der Waals surface area contributed by atoms with E-state index in [1.54, 1.807) is 0 Å². The highest BCUT2D eigenvalue weighted by Crippen LogP contribution is 2.28. The molecular weight excluding hydrogens is 222 g/mol. The molecule has 1 atom stereocenters. The van der Waals surface area contributed by atoms with Crippen LogP contribution in [0.1, 0.15) is 52.5 Å². The van der Waals surface area contributed by atoms with Crippen molar-refractivity contribution in [1.29, 1.82) is 0 Å². The fourth-order valence-electron chi connectivity index (χ4n) is 2.48. The molecule has 0 aliphatic rings. The second kappa shape index (κ2) is 6.93. The van der Waals surface area contributed by atoms with Gasteiger partial charge >= 0.3 is 0 Å². The van der Waals surface area contributed by atoms with E-state index in [1.165, 1.54) is 24.8 Å². The fourth-order valence-corrected chi connectivity index (χ4v) is 2.48. The molecule has 0 bridgehead atoms. The van der Waals surface area contributed by atoms with E-state index in [2.05, 4.69) is 44.3 Å². The Bertz CT molecular complexity index is 341. The van der Waals surface area contributed by atoms with Crippen LogP contribution in [0.25, 0.3) is 0 Å². The summed E-state index contributed by atoms with van der Waals surface area (Å²) in [6, 6.07) is 0.605. The first-order valence-corrected chi connectivity index (χ1v) is 7.14.